The van der Waals surface area contributed by atoms with Crippen molar-refractivity contribution in [2.24, 2.45) is 0 Å². The van der Waals surface area contributed by atoms with Crippen LogP contribution in [0.15, 0.2) is 12.3 Å². The molecule has 0 aliphatic rings. The van der Waals surface area contributed by atoms with Gasteiger partial charge in [-0.2, -0.15) is 0 Å². The predicted octanol–water partition coefficient (Wildman–Crippen LogP) is 2.06. The highest BCUT2D eigenvalue weighted by Gasteiger charge is 2.09. The predicted molar refractivity (Wildman–Crippen MR) is 46.4 cm³/mol. The van der Waals surface area contributed by atoms with Crippen molar-refractivity contribution < 1.29 is 9.90 Å². The van der Waals surface area contributed by atoms with Crippen LogP contribution in [0, 0.1) is 0 Å². The molecule has 1 heterocycles. The van der Waals surface area contributed by atoms with Crippen LogP contribution >= 0.6 is 0 Å². The Morgan fingerprint density at radius 1 is 1.67 bits per heavy atom. The minimum atomic E-state index is -0.845. The Bertz CT molecular complexity index is 265. The van der Waals surface area contributed by atoms with Crippen LogP contribution < -0.4 is 0 Å². The third-order valence-corrected chi connectivity index (χ3v) is 1.84. The number of nitrogens with one attached hydrogen (secondary N) is 1. The first-order valence-electron chi connectivity index (χ1n) is 4.15. The highest BCUT2D eigenvalue weighted by atomic mass is 16.4. The number of rotatable bonds is 4. The summed E-state index contributed by atoms with van der Waals surface area (Å²) in [7, 11) is 0. The van der Waals surface area contributed by atoms with Crippen LogP contribution in [0.3, 0.4) is 0 Å². The van der Waals surface area contributed by atoms with Crippen LogP contribution in [0.25, 0.3) is 0 Å². The number of aromatic amines is 1. The Balaban J connectivity index is 2.70. The average molecular weight is 167 g/mol. The molecule has 0 radical (unpaired) electrons. The average Bonchev–Trinajstić information content (AvgIpc) is 2.48. The first-order valence-corrected chi connectivity index (χ1v) is 4.15. The fraction of sp³-hybridized carbons (Fsp3) is 0.444. The highest BCUT2D eigenvalue weighted by Crippen LogP contribution is 2.09. The molecule has 0 atom stereocenters. The molecule has 1 aromatic heterocycles. The summed E-state index contributed by atoms with van der Waals surface area (Å²) in [5, 5.41) is 8.73. The van der Waals surface area contributed by atoms with E-state index in [9.17, 15) is 4.79 Å². The van der Waals surface area contributed by atoms with Gasteiger partial charge in [-0.15, -0.1) is 0 Å². The Kier molecular flexibility index (Phi) is 2.91. The molecule has 0 bridgehead atoms. The van der Waals surface area contributed by atoms with E-state index in [2.05, 4.69) is 11.9 Å². The molecule has 1 aromatic rings. The van der Waals surface area contributed by atoms with Crippen LogP contribution in [0.5, 0.6) is 0 Å². The number of hydrogen-bond donors (Lipinski definition) is 2. The third-order valence-electron chi connectivity index (χ3n) is 1.84. The number of hydrogen-bond acceptors (Lipinski definition) is 1. The maximum Gasteiger partial charge on any atom is 0.337 e. The van der Waals surface area contributed by atoms with E-state index in [0.29, 0.717) is 5.56 Å². The van der Waals surface area contributed by atoms with Gasteiger partial charge in [0.1, 0.15) is 0 Å². The summed E-state index contributed by atoms with van der Waals surface area (Å²) in [5.41, 5.74) is 1.24. The molecular formula is C9H13NO2. The summed E-state index contributed by atoms with van der Waals surface area (Å²) < 4.78 is 0. The Hall–Kier alpha value is -1.25. The van der Waals surface area contributed by atoms with Crippen LogP contribution in [-0.4, -0.2) is 16.1 Å². The lowest BCUT2D eigenvalue weighted by Gasteiger charge is -1.97. The van der Waals surface area contributed by atoms with Crippen LogP contribution in [0.1, 0.15) is 35.8 Å². The van der Waals surface area contributed by atoms with Crippen molar-refractivity contribution in [2.45, 2.75) is 26.2 Å². The monoisotopic (exact) mass is 167 g/mol. The van der Waals surface area contributed by atoms with Gasteiger partial charge in [-0.25, -0.2) is 4.79 Å². The quantitative estimate of drug-likeness (QED) is 0.721. The largest absolute Gasteiger partial charge is 0.478 e. The minimum absolute atomic E-state index is 0.406. The fourth-order valence-corrected chi connectivity index (χ4v) is 1.16. The third kappa shape index (κ3) is 1.87. The van der Waals surface area contributed by atoms with Gasteiger partial charge in [0.15, 0.2) is 0 Å². The molecular weight excluding hydrogens is 154 g/mol. The van der Waals surface area contributed by atoms with E-state index in [0.717, 1.165) is 25.0 Å². The first-order chi connectivity index (χ1) is 5.75. The van der Waals surface area contributed by atoms with Gasteiger partial charge < -0.3 is 10.1 Å². The Morgan fingerprint density at radius 3 is 3.00 bits per heavy atom. The molecule has 0 saturated heterocycles. The maximum absolute atomic E-state index is 10.6. The van der Waals surface area contributed by atoms with E-state index in [1.165, 1.54) is 0 Å². The molecule has 1 rings (SSSR count). The lowest BCUT2D eigenvalue weighted by Crippen LogP contribution is -1.99. The molecule has 0 fully saturated rings. The molecule has 0 unspecified atom stereocenters. The molecule has 2 N–H and O–H groups in total. The topological polar surface area (TPSA) is 53.1 Å². The number of carboxylic acids is 1. The summed E-state index contributed by atoms with van der Waals surface area (Å²) >= 11 is 0. The number of carbonyl (C=O) groups is 1. The molecule has 66 valence electrons. The van der Waals surface area contributed by atoms with Crippen LogP contribution in [-0.2, 0) is 6.42 Å². The van der Waals surface area contributed by atoms with Gasteiger partial charge in [0.2, 0.25) is 0 Å². The zero-order valence-electron chi connectivity index (χ0n) is 7.13. The molecule has 0 aromatic carbocycles. The summed E-state index contributed by atoms with van der Waals surface area (Å²) in [6.45, 7) is 2.09. The van der Waals surface area contributed by atoms with Gasteiger partial charge >= 0.3 is 5.97 Å². The lowest BCUT2D eigenvalue weighted by atomic mass is 10.1. The van der Waals surface area contributed by atoms with E-state index in [1.807, 2.05) is 0 Å². The van der Waals surface area contributed by atoms with Crippen molar-refractivity contribution >= 4 is 5.97 Å². The summed E-state index contributed by atoms with van der Waals surface area (Å²) in [6, 6.07) is 1.60. The molecule has 0 spiro atoms. The molecule has 12 heavy (non-hydrogen) atoms. The Morgan fingerprint density at radius 2 is 2.42 bits per heavy atom. The van der Waals surface area contributed by atoms with E-state index in [-0.39, 0.29) is 0 Å². The van der Waals surface area contributed by atoms with Gasteiger partial charge in [-0.05, 0) is 18.9 Å². The second-order valence-corrected chi connectivity index (χ2v) is 2.78. The molecule has 3 nitrogen and oxygen atoms in total. The van der Waals surface area contributed by atoms with Crippen LogP contribution in [0.4, 0.5) is 0 Å². The maximum atomic E-state index is 10.6. The zero-order chi connectivity index (χ0) is 8.97. The van der Waals surface area contributed by atoms with Crippen molar-refractivity contribution in [3.05, 3.63) is 23.5 Å². The highest BCUT2D eigenvalue weighted by molar-refractivity contribution is 5.88. The molecule has 0 aliphatic carbocycles. The van der Waals surface area contributed by atoms with Gasteiger partial charge in [0.05, 0.1) is 5.56 Å². The number of unbranched alkanes of at least 4 members (excludes halogenated alkanes) is 1. The van der Waals surface area contributed by atoms with E-state index < -0.39 is 5.97 Å². The number of aryl methyl sites for hydroxylation is 1. The van der Waals surface area contributed by atoms with Gasteiger partial charge in [0.25, 0.3) is 0 Å². The van der Waals surface area contributed by atoms with E-state index in [1.54, 1.807) is 12.3 Å². The minimum Gasteiger partial charge on any atom is -0.478 e. The van der Waals surface area contributed by atoms with Crippen molar-refractivity contribution in [1.29, 1.82) is 0 Å². The number of carboxylic acid groups (broad SMARTS) is 1. The van der Waals surface area contributed by atoms with E-state index >= 15 is 0 Å². The standard InChI is InChI=1S/C9H13NO2/c1-2-3-4-8-7(9(11)12)5-6-10-8/h5-6,10H,2-4H2,1H3,(H,11,12). The zero-order valence-corrected chi connectivity index (χ0v) is 7.13. The van der Waals surface area contributed by atoms with Crippen molar-refractivity contribution in [1.82, 2.24) is 4.98 Å². The van der Waals surface area contributed by atoms with Crippen molar-refractivity contribution in [2.75, 3.05) is 0 Å². The second-order valence-electron chi connectivity index (χ2n) is 2.78. The van der Waals surface area contributed by atoms with Crippen LogP contribution in [0.2, 0.25) is 0 Å². The fourth-order valence-electron chi connectivity index (χ4n) is 1.16. The number of aromatic carboxylic acids is 1. The summed E-state index contributed by atoms with van der Waals surface area (Å²) in [6.07, 6.45) is 4.61. The lowest BCUT2D eigenvalue weighted by molar-refractivity contribution is 0.0696. The normalized spacial score (nSPS) is 10.1. The van der Waals surface area contributed by atoms with Gasteiger partial charge in [-0.3, -0.25) is 0 Å². The summed E-state index contributed by atoms with van der Waals surface area (Å²) in [4.78, 5) is 13.6. The van der Waals surface area contributed by atoms with Crippen molar-refractivity contribution in [3.8, 4) is 0 Å². The van der Waals surface area contributed by atoms with E-state index in [4.69, 9.17) is 5.11 Å². The SMILES string of the molecule is CCCCc1[nH]ccc1C(=O)O. The number of aromatic nitrogens is 1. The Labute approximate surface area is 71.4 Å². The van der Waals surface area contributed by atoms with Gasteiger partial charge in [-0.1, -0.05) is 13.3 Å². The smallest absolute Gasteiger partial charge is 0.337 e. The second kappa shape index (κ2) is 3.95. The summed E-state index contributed by atoms with van der Waals surface area (Å²) in [5.74, 6) is -0.845. The number of H-pyrrole nitrogens is 1. The first kappa shape index (κ1) is 8.84. The molecule has 0 amide bonds. The van der Waals surface area contributed by atoms with Crippen molar-refractivity contribution in [3.63, 3.8) is 0 Å². The van der Waals surface area contributed by atoms with Gasteiger partial charge in [0, 0.05) is 11.9 Å². The molecule has 0 aliphatic heterocycles. The molecule has 0 saturated carbocycles. The molecule has 3 heteroatoms.